The van der Waals surface area contributed by atoms with Gasteiger partial charge < -0.3 is 29.7 Å². The number of anilines is 4. The zero-order valence-corrected chi connectivity index (χ0v) is 35.7. The molecule has 332 valence electrons. The molecule has 15 nitrogen and oxygen atoms in total. The van der Waals surface area contributed by atoms with Crippen molar-refractivity contribution >= 4 is 68.5 Å². The van der Waals surface area contributed by atoms with Crippen molar-refractivity contribution in [2.75, 3.05) is 54.9 Å². The smallest absolute Gasteiger partial charge is 0.329 e. The normalized spacial score (nSPS) is 22.4. The number of rotatable bonds is 8. The van der Waals surface area contributed by atoms with Crippen molar-refractivity contribution in [3.63, 3.8) is 0 Å². The van der Waals surface area contributed by atoms with Gasteiger partial charge in [0.1, 0.15) is 16.9 Å². The van der Waals surface area contributed by atoms with Crippen LogP contribution in [0.15, 0.2) is 46.1 Å². The SMILES string of the molecule is Cn1c(=O)c2c(c3cc(Nc4nc(N5CCC(CN6CCC(c7ccc8c(c7)n(C)c(=O)n8C7CCC(=O)NC7=O)CC6)CC5)ncc4Cl)c(F)cc31)N[C@H](C1CC1)C(F)(F)CO2. The molecule has 4 fully saturated rings. The molecule has 4 aliphatic heterocycles. The molecule has 1 unspecified atom stereocenters. The maximum absolute atomic E-state index is 15.8. The molecule has 19 heteroatoms. The molecule has 7 heterocycles. The third-order valence-electron chi connectivity index (χ3n) is 13.8. The molecule has 1 aliphatic carbocycles. The second-order valence-corrected chi connectivity index (χ2v) is 18.3. The minimum absolute atomic E-state index is 0.00630. The fourth-order valence-electron chi connectivity index (χ4n) is 10.0. The van der Waals surface area contributed by atoms with Gasteiger partial charge in [0.15, 0.2) is 12.4 Å². The van der Waals surface area contributed by atoms with E-state index in [2.05, 4.69) is 42.9 Å². The Hall–Kier alpha value is -5.62. The maximum Gasteiger partial charge on any atom is 0.329 e. The summed E-state index contributed by atoms with van der Waals surface area (Å²) in [6.45, 7) is 3.40. The van der Waals surface area contributed by atoms with Crippen LogP contribution in [0.1, 0.15) is 68.9 Å². The van der Waals surface area contributed by atoms with Crippen molar-refractivity contribution in [3.05, 3.63) is 73.8 Å². The van der Waals surface area contributed by atoms with Gasteiger partial charge in [0.2, 0.25) is 23.5 Å². The van der Waals surface area contributed by atoms with Gasteiger partial charge in [0, 0.05) is 51.6 Å². The van der Waals surface area contributed by atoms with Crippen LogP contribution in [0.25, 0.3) is 21.9 Å². The van der Waals surface area contributed by atoms with Gasteiger partial charge in [-0.05, 0) is 99.6 Å². The number of aromatic nitrogens is 5. The van der Waals surface area contributed by atoms with Crippen LogP contribution in [0.5, 0.6) is 5.75 Å². The van der Waals surface area contributed by atoms with Crippen molar-refractivity contribution in [1.29, 1.82) is 0 Å². The molecule has 3 saturated heterocycles. The van der Waals surface area contributed by atoms with Gasteiger partial charge in [-0.1, -0.05) is 17.7 Å². The first-order valence-electron chi connectivity index (χ1n) is 21.7. The molecule has 2 amide bonds. The Kier molecular flexibility index (Phi) is 10.4. The Labute approximate surface area is 364 Å². The highest BCUT2D eigenvalue weighted by Gasteiger charge is 2.51. The third kappa shape index (κ3) is 7.57. The largest absolute Gasteiger partial charge is 0.480 e. The highest BCUT2D eigenvalue weighted by molar-refractivity contribution is 6.33. The Morgan fingerprint density at radius 2 is 1.68 bits per heavy atom. The van der Waals surface area contributed by atoms with E-state index in [1.165, 1.54) is 40.1 Å². The first-order chi connectivity index (χ1) is 30.2. The number of likely N-dealkylation sites (tertiary alicyclic amines) is 1. The Morgan fingerprint density at radius 3 is 2.41 bits per heavy atom. The van der Waals surface area contributed by atoms with Gasteiger partial charge in [-0.2, -0.15) is 4.98 Å². The lowest BCUT2D eigenvalue weighted by Gasteiger charge is -2.38. The number of amides is 2. The lowest BCUT2D eigenvalue weighted by molar-refractivity contribution is -0.135. The predicted octanol–water partition coefficient (Wildman–Crippen LogP) is 5.81. The van der Waals surface area contributed by atoms with Gasteiger partial charge in [-0.3, -0.25) is 28.8 Å². The van der Waals surface area contributed by atoms with Crippen LogP contribution in [0.3, 0.4) is 0 Å². The van der Waals surface area contributed by atoms with Crippen LogP contribution in [-0.4, -0.2) is 91.7 Å². The molecule has 3 N–H and O–H groups in total. The third-order valence-corrected chi connectivity index (χ3v) is 14.1. The number of carbonyl (C=O) groups excluding carboxylic acids is 2. The zero-order valence-electron chi connectivity index (χ0n) is 34.9. The molecule has 5 aliphatic rings. The number of nitrogens with one attached hydrogen (secondary N) is 3. The van der Waals surface area contributed by atoms with Crippen LogP contribution in [0.4, 0.5) is 36.3 Å². The summed E-state index contributed by atoms with van der Waals surface area (Å²) >= 11 is 6.56. The minimum Gasteiger partial charge on any atom is -0.480 e. The average Bonchev–Trinajstić information content (AvgIpc) is 4.09. The summed E-state index contributed by atoms with van der Waals surface area (Å²) in [5, 5.41) is 8.80. The molecule has 0 radical (unpaired) electrons. The summed E-state index contributed by atoms with van der Waals surface area (Å²) in [5.41, 5.74) is 2.05. The van der Waals surface area contributed by atoms with E-state index in [1.54, 1.807) is 11.6 Å². The molecule has 0 spiro atoms. The molecule has 3 aromatic heterocycles. The van der Waals surface area contributed by atoms with E-state index in [0.717, 1.165) is 63.9 Å². The van der Waals surface area contributed by atoms with Crippen LogP contribution in [0, 0.1) is 17.7 Å². The van der Waals surface area contributed by atoms with E-state index in [1.807, 2.05) is 6.07 Å². The summed E-state index contributed by atoms with van der Waals surface area (Å²) in [7, 11) is 3.17. The second kappa shape index (κ2) is 15.9. The van der Waals surface area contributed by atoms with E-state index in [9.17, 15) is 19.2 Å². The van der Waals surface area contributed by atoms with Crippen molar-refractivity contribution in [1.82, 2.24) is 33.9 Å². The number of benzene rings is 2. The quantitative estimate of drug-likeness (QED) is 0.162. The van der Waals surface area contributed by atoms with Crippen LogP contribution < -0.4 is 36.8 Å². The van der Waals surface area contributed by atoms with Crippen LogP contribution in [0.2, 0.25) is 5.02 Å². The van der Waals surface area contributed by atoms with Crippen molar-refractivity contribution in [3.8, 4) is 5.75 Å². The number of halogens is 4. The van der Waals surface area contributed by atoms with Gasteiger partial charge in [-0.25, -0.2) is 22.9 Å². The molecular weight excluding hydrogens is 841 g/mol. The van der Waals surface area contributed by atoms with Gasteiger partial charge in [0.25, 0.3) is 5.56 Å². The lowest BCUT2D eigenvalue weighted by Crippen LogP contribution is -2.44. The molecular formula is C44H48ClF3N10O5. The van der Waals surface area contributed by atoms with E-state index < -0.39 is 41.9 Å². The predicted molar refractivity (Wildman–Crippen MR) is 232 cm³/mol. The second-order valence-electron chi connectivity index (χ2n) is 17.9. The zero-order chi connectivity index (χ0) is 43.9. The van der Waals surface area contributed by atoms with Gasteiger partial charge >= 0.3 is 11.6 Å². The van der Waals surface area contributed by atoms with Gasteiger partial charge in [-0.15, -0.1) is 0 Å². The summed E-state index contributed by atoms with van der Waals surface area (Å²) < 4.78 is 55.9. The Bertz CT molecular complexity index is 2790. The number of piperidine rings is 3. The number of imide groups is 1. The highest BCUT2D eigenvalue weighted by Crippen LogP contribution is 2.46. The van der Waals surface area contributed by atoms with E-state index in [0.29, 0.717) is 47.9 Å². The number of ether oxygens (including phenoxy) is 1. The number of imidazole rings is 1. The first-order valence-corrected chi connectivity index (χ1v) is 22.1. The van der Waals surface area contributed by atoms with Crippen LogP contribution >= 0.6 is 11.6 Å². The first kappa shape index (κ1) is 41.4. The number of carbonyl (C=O) groups is 2. The summed E-state index contributed by atoms with van der Waals surface area (Å²) in [4.78, 5) is 64.7. The number of nitrogens with zero attached hydrogens (tertiary/aromatic N) is 7. The molecule has 1 saturated carbocycles. The van der Waals surface area contributed by atoms with E-state index >= 15 is 13.2 Å². The Balaban J connectivity index is 0.778. The molecule has 2 atom stereocenters. The monoisotopic (exact) mass is 888 g/mol. The maximum atomic E-state index is 15.8. The lowest BCUT2D eigenvalue weighted by atomic mass is 9.88. The number of hydrogen-bond acceptors (Lipinski definition) is 11. The molecule has 2 aromatic carbocycles. The molecule has 63 heavy (non-hydrogen) atoms. The van der Waals surface area contributed by atoms with Crippen molar-refractivity contribution in [2.45, 2.75) is 75.3 Å². The summed E-state index contributed by atoms with van der Waals surface area (Å²) in [6.07, 6.45) is 7.08. The minimum atomic E-state index is -3.21. The number of pyridine rings is 1. The van der Waals surface area contributed by atoms with E-state index in [-0.39, 0.29) is 57.4 Å². The Morgan fingerprint density at radius 1 is 0.921 bits per heavy atom. The van der Waals surface area contributed by atoms with Gasteiger partial charge in [0.05, 0.1) is 40.2 Å². The van der Waals surface area contributed by atoms with E-state index in [4.69, 9.17) is 21.3 Å². The highest BCUT2D eigenvalue weighted by atomic mass is 35.5. The fraction of sp³-hybridized carbons (Fsp3) is 0.500. The number of alkyl halides is 2. The summed E-state index contributed by atoms with van der Waals surface area (Å²) in [5.74, 6) is -3.70. The molecule has 0 bridgehead atoms. The number of aryl methyl sites for hydroxylation is 2. The topological polar surface area (TPSA) is 161 Å². The molecule has 10 rings (SSSR count). The van der Waals surface area contributed by atoms with Crippen LogP contribution in [-0.2, 0) is 23.7 Å². The average molecular weight is 889 g/mol. The number of fused-ring (bicyclic) bond motifs is 4. The summed E-state index contributed by atoms with van der Waals surface area (Å²) in [6, 6.07) is 6.79. The van der Waals surface area contributed by atoms with Crippen molar-refractivity contribution < 1.29 is 27.5 Å². The fourth-order valence-corrected chi connectivity index (χ4v) is 10.2. The molecule has 5 aromatic rings. The standard InChI is InChI=1S/C44H48ClF3N10O5/c1-54-33-19-29(46)30(18-27(33)36-37(41(54)61)63-22-44(47,48)38(52-36)25-3-4-25)50-39-28(45)20-49-42(53-39)57-15-9-23(10-16-57)21-56-13-11-24(12-14-56)26-5-6-31-34(17-26)55(2)43(62)58(31)32-7-8-35(59)51-40(32)60/h5-6,17-20,23-25,32,38,52H,3-4,7-16,21-22H2,1-2H3,(H,49,50,53)(H,51,59,60)/t32?,38-/m1/s1. The number of hydrogen-bond donors (Lipinski definition) is 3. The van der Waals surface area contributed by atoms with Crippen molar-refractivity contribution in [2.24, 2.45) is 25.9 Å².